The number of carbonyl (C=O) groups excluding carboxylic acids is 2. The minimum Gasteiger partial charge on any atom is -0.468 e. The number of isocyanates is 2. The molecule has 0 saturated heterocycles. The van der Waals surface area contributed by atoms with Gasteiger partial charge in [-0.2, -0.15) is 20.0 Å². The molecular weight excluding hydrogens is 499 g/mol. The van der Waals surface area contributed by atoms with E-state index in [0.717, 1.165) is 21.6 Å². The molecule has 0 aliphatic heterocycles. The van der Waals surface area contributed by atoms with Crippen LogP contribution in [0, 0.1) is 0 Å². The van der Waals surface area contributed by atoms with Crippen LogP contribution in [0.1, 0.15) is 0 Å². The Morgan fingerprint density at radius 2 is 1.25 bits per heavy atom. The Bertz CT molecular complexity index is 1350. The van der Waals surface area contributed by atoms with Gasteiger partial charge < -0.3 is 19.4 Å². The number of imidazole rings is 2. The molecule has 162 valence electrons. The summed E-state index contributed by atoms with van der Waals surface area (Å²) in [5, 5.41) is 0.601. The van der Waals surface area contributed by atoms with Gasteiger partial charge in [-0.1, -0.05) is 23.2 Å². The van der Waals surface area contributed by atoms with Gasteiger partial charge in [-0.05, 0) is 33.7 Å². The number of aromatic amines is 2. The van der Waals surface area contributed by atoms with Crippen LogP contribution in [0.2, 0.25) is 10.0 Å². The molecule has 32 heavy (non-hydrogen) atoms. The number of benzene rings is 2. The van der Waals surface area contributed by atoms with Gasteiger partial charge in [-0.15, -0.1) is 0 Å². The number of fused-ring (bicyclic) bond motifs is 2. The molecule has 0 bridgehead atoms. The van der Waals surface area contributed by atoms with Crippen LogP contribution in [-0.4, -0.2) is 46.3 Å². The van der Waals surface area contributed by atoms with Crippen molar-refractivity contribution in [3.8, 4) is 12.0 Å². The summed E-state index contributed by atoms with van der Waals surface area (Å²) in [5.41, 5.74) is 2.23. The largest absolute Gasteiger partial charge is 0.468 e. The van der Waals surface area contributed by atoms with Gasteiger partial charge in [-0.3, -0.25) is 0 Å². The van der Waals surface area contributed by atoms with Crippen molar-refractivity contribution in [1.29, 1.82) is 0 Å². The van der Waals surface area contributed by atoms with Gasteiger partial charge in [0.2, 0.25) is 12.2 Å². The zero-order valence-corrected chi connectivity index (χ0v) is 19.3. The molecule has 2 N–H and O–H groups in total. The van der Waals surface area contributed by atoms with Gasteiger partial charge in [0.15, 0.2) is 0 Å². The average Bonchev–Trinajstić information content (AvgIpc) is 3.38. The molecule has 0 aliphatic rings. The van der Waals surface area contributed by atoms with Crippen molar-refractivity contribution in [2.75, 3.05) is 14.2 Å². The molecule has 0 saturated carbocycles. The van der Waals surface area contributed by atoms with Crippen molar-refractivity contribution in [2.45, 2.75) is 9.79 Å². The lowest BCUT2D eigenvalue weighted by Gasteiger charge is -2.10. The van der Waals surface area contributed by atoms with Gasteiger partial charge in [-0.25, -0.2) is 9.59 Å². The molecule has 2 aromatic heterocycles. The van der Waals surface area contributed by atoms with Crippen molar-refractivity contribution in [2.24, 2.45) is 9.98 Å². The molecule has 0 fully saturated rings. The lowest BCUT2D eigenvalue weighted by molar-refractivity contribution is 0.385. The van der Waals surface area contributed by atoms with E-state index in [-0.39, 0.29) is 23.4 Å². The Morgan fingerprint density at radius 3 is 1.59 bits per heavy atom. The van der Waals surface area contributed by atoms with Gasteiger partial charge in [0, 0.05) is 0 Å². The zero-order valence-electron chi connectivity index (χ0n) is 16.1. The quantitative estimate of drug-likeness (QED) is 0.190. The van der Waals surface area contributed by atoms with Crippen molar-refractivity contribution in [1.82, 2.24) is 19.9 Å². The predicted molar refractivity (Wildman–Crippen MR) is 123 cm³/mol. The van der Waals surface area contributed by atoms with Crippen LogP contribution in [0.4, 0.5) is 11.4 Å². The van der Waals surface area contributed by atoms with Crippen molar-refractivity contribution in [3.05, 3.63) is 22.2 Å². The summed E-state index contributed by atoms with van der Waals surface area (Å²) in [7, 11) is 5.19. The van der Waals surface area contributed by atoms with Gasteiger partial charge >= 0.3 is 0 Å². The number of nitrogens with zero attached hydrogens (tertiary/aromatic N) is 4. The summed E-state index contributed by atoms with van der Waals surface area (Å²) < 4.78 is 10.2. The van der Waals surface area contributed by atoms with Crippen LogP contribution in [-0.2, 0) is 9.59 Å². The number of nitrogens with one attached hydrogen (secondary N) is 2. The second-order valence-electron chi connectivity index (χ2n) is 5.93. The highest BCUT2D eigenvalue weighted by Gasteiger charge is 2.21. The average molecular weight is 509 g/mol. The second kappa shape index (κ2) is 9.25. The molecule has 4 aromatic rings. The first-order valence-corrected chi connectivity index (χ1v) is 11.4. The fraction of sp³-hybridized carbons (Fsp3) is 0.111. The summed E-state index contributed by atoms with van der Waals surface area (Å²) >= 11 is 12.9. The molecule has 0 atom stereocenters. The van der Waals surface area contributed by atoms with E-state index >= 15 is 0 Å². The predicted octanol–water partition coefficient (Wildman–Crippen LogP) is 5.50. The monoisotopic (exact) mass is 508 g/mol. The number of ether oxygens (including phenoxy) is 2. The lowest BCUT2D eigenvalue weighted by atomic mass is 10.2. The SMILES string of the molecule is COc1nc2c(N=C=O)c(SSc3c(Cl)cc4[nH]c(OC)nc4c3N=C=O)c(Cl)cc2[nH]1. The maximum Gasteiger partial charge on any atom is 0.294 e. The third kappa shape index (κ3) is 3.95. The summed E-state index contributed by atoms with van der Waals surface area (Å²) in [6.07, 6.45) is 3.04. The molecular formula is C18H10Cl2N6O4S2. The number of aromatic nitrogens is 4. The molecule has 4 rings (SSSR count). The molecule has 14 heteroatoms. The molecule has 0 spiro atoms. The minimum atomic E-state index is 0.207. The molecule has 0 radical (unpaired) electrons. The number of H-pyrrole nitrogens is 2. The summed E-state index contributed by atoms with van der Waals surface area (Å²) in [6.45, 7) is 0. The standard InChI is InChI=1S/C18H10Cl2N6O4S2/c1-29-17-23-9-3-7(19)15(13(21-5-27)11(9)25-17)31-32-16-8(20)4-10-12(14(16)22-6-28)26-18(24-10)30-2/h3-4H,1-2H3,(H,23,25)(H,24,26). The van der Waals surface area contributed by atoms with Crippen LogP contribution < -0.4 is 9.47 Å². The zero-order chi connectivity index (χ0) is 22.8. The highest BCUT2D eigenvalue weighted by molar-refractivity contribution is 8.76. The highest BCUT2D eigenvalue weighted by atomic mass is 35.5. The molecule has 2 heterocycles. The molecule has 10 nitrogen and oxygen atoms in total. The van der Waals surface area contributed by atoms with E-state index < -0.39 is 0 Å². The number of rotatable bonds is 7. The Morgan fingerprint density at radius 1 is 0.844 bits per heavy atom. The normalized spacial score (nSPS) is 10.8. The fourth-order valence-electron chi connectivity index (χ4n) is 2.86. The molecule has 0 unspecified atom stereocenters. The molecule has 0 amide bonds. The number of hydrogen-bond acceptors (Lipinski definition) is 10. The third-order valence-corrected chi connectivity index (χ3v) is 7.50. The first kappa shape index (κ1) is 22.2. The van der Waals surface area contributed by atoms with Crippen LogP contribution in [0.15, 0.2) is 31.9 Å². The van der Waals surface area contributed by atoms with Crippen molar-refractivity contribution in [3.63, 3.8) is 0 Å². The van der Waals surface area contributed by atoms with Gasteiger partial charge in [0.25, 0.3) is 12.0 Å². The summed E-state index contributed by atoms with van der Waals surface area (Å²) in [6, 6.07) is 3.73. The number of halogens is 2. The maximum atomic E-state index is 11.1. The Labute approximate surface area is 197 Å². The smallest absolute Gasteiger partial charge is 0.294 e. The van der Waals surface area contributed by atoms with E-state index in [1.807, 2.05) is 0 Å². The topological polar surface area (TPSA) is 135 Å². The highest BCUT2D eigenvalue weighted by Crippen LogP contribution is 2.52. The minimum absolute atomic E-state index is 0.207. The van der Waals surface area contributed by atoms with Crippen LogP contribution in [0.3, 0.4) is 0 Å². The van der Waals surface area contributed by atoms with Crippen molar-refractivity contribution >= 4 is 90.4 Å². The number of hydrogen-bond donors (Lipinski definition) is 2. The van der Waals surface area contributed by atoms with E-state index in [1.54, 1.807) is 12.1 Å². The van der Waals surface area contributed by atoms with Crippen LogP contribution in [0.25, 0.3) is 22.1 Å². The van der Waals surface area contributed by atoms with E-state index in [2.05, 4.69) is 29.9 Å². The number of methoxy groups -OCH3 is 2. The summed E-state index contributed by atoms with van der Waals surface area (Å²) in [4.78, 5) is 45.0. The van der Waals surface area contributed by atoms with Crippen molar-refractivity contribution < 1.29 is 19.1 Å². The first-order valence-electron chi connectivity index (χ1n) is 8.53. The second-order valence-corrected chi connectivity index (χ2v) is 8.89. The fourth-order valence-corrected chi connectivity index (χ4v) is 6.16. The Hall–Kier alpha value is -2.98. The maximum absolute atomic E-state index is 11.1. The first-order chi connectivity index (χ1) is 15.5. The Kier molecular flexibility index (Phi) is 6.43. The van der Waals surface area contributed by atoms with E-state index in [4.69, 9.17) is 32.7 Å². The number of aliphatic imine (C=N–C) groups is 2. The van der Waals surface area contributed by atoms with Gasteiger partial charge in [0.1, 0.15) is 22.4 Å². The molecule has 0 aliphatic carbocycles. The summed E-state index contributed by atoms with van der Waals surface area (Å²) in [5.74, 6) is 0. The van der Waals surface area contributed by atoms with E-state index in [0.29, 0.717) is 41.9 Å². The third-order valence-electron chi connectivity index (χ3n) is 4.18. The van der Waals surface area contributed by atoms with E-state index in [9.17, 15) is 9.59 Å². The molecule has 2 aromatic carbocycles. The lowest BCUT2D eigenvalue weighted by Crippen LogP contribution is -1.83. The Balaban J connectivity index is 1.83. The van der Waals surface area contributed by atoms with E-state index in [1.165, 1.54) is 26.4 Å². The van der Waals surface area contributed by atoms with Gasteiger partial charge in [0.05, 0.1) is 45.1 Å². The van der Waals surface area contributed by atoms with Crippen LogP contribution >= 0.6 is 44.8 Å². The van der Waals surface area contributed by atoms with Crippen LogP contribution in [0.5, 0.6) is 12.0 Å².